The molecule has 0 bridgehead atoms. The number of nitrogens with zero attached hydrogens (tertiary/aromatic N) is 3. The fraction of sp³-hybridized carbons (Fsp3) is 0.615. The Kier molecular flexibility index (Phi) is 6.03. The molecule has 0 saturated carbocycles. The molecule has 7 heteroatoms. The van der Waals surface area contributed by atoms with E-state index in [1.54, 1.807) is 29.8 Å². The third-order valence-corrected chi connectivity index (χ3v) is 5.00. The van der Waals surface area contributed by atoms with Crippen LogP contribution in [0.15, 0.2) is 0 Å². The smallest absolute Gasteiger partial charge is 0.159 e. The van der Waals surface area contributed by atoms with Crippen molar-refractivity contribution in [1.29, 1.82) is 0 Å². The molecule has 2 aromatic rings. The second-order valence-corrected chi connectivity index (χ2v) is 6.76. The van der Waals surface area contributed by atoms with Gasteiger partial charge < -0.3 is 10.1 Å². The van der Waals surface area contributed by atoms with Crippen LogP contribution in [0.2, 0.25) is 0 Å². The van der Waals surface area contributed by atoms with Crippen LogP contribution >= 0.6 is 22.7 Å². The van der Waals surface area contributed by atoms with Crippen molar-refractivity contribution >= 4 is 22.7 Å². The molecule has 0 aliphatic rings. The highest BCUT2D eigenvalue weighted by Gasteiger charge is 2.12. The van der Waals surface area contributed by atoms with Crippen LogP contribution in [0.1, 0.15) is 22.1 Å². The normalized spacial score (nSPS) is 11.2. The minimum atomic E-state index is 0.757. The van der Waals surface area contributed by atoms with Gasteiger partial charge in [0, 0.05) is 20.1 Å². The zero-order valence-electron chi connectivity index (χ0n) is 12.1. The minimum Gasteiger partial charge on any atom is -0.383 e. The number of hydrogen-bond acceptors (Lipinski definition) is 7. The number of thiazole rings is 1. The van der Waals surface area contributed by atoms with Crippen LogP contribution in [0.3, 0.4) is 0 Å². The van der Waals surface area contributed by atoms with Gasteiger partial charge in [-0.3, -0.25) is 0 Å². The summed E-state index contributed by atoms with van der Waals surface area (Å²) >= 11 is 3.37. The Labute approximate surface area is 127 Å². The molecule has 0 radical (unpaired) electrons. The lowest BCUT2D eigenvalue weighted by molar-refractivity contribution is 0.199. The summed E-state index contributed by atoms with van der Waals surface area (Å²) in [5, 5.41) is 15.1. The summed E-state index contributed by atoms with van der Waals surface area (Å²) in [5.41, 5.74) is 1.05. The van der Waals surface area contributed by atoms with Gasteiger partial charge >= 0.3 is 0 Å². The molecule has 0 aromatic carbocycles. The van der Waals surface area contributed by atoms with Crippen molar-refractivity contribution in [3.63, 3.8) is 0 Å². The first-order chi connectivity index (χ1) is 9.70. The van der Waals surface area contributed by atoms with Gasteiger partial charge in [0.05, 0.1) is 22.2 Å². The van der Waals surface area contributed by atoms with Gasteiger partial charge in [-0.25, -0.2) is 4.98 Å². The van der Waals surface area contributed by atoms with Crippen molar-refractivity contribution in [2.24, 2.45) is 0 Å². The third kappa shape index (κ3) is 4.31. The maximum Gasteiger partial charge on any atom is 0.159 e. The van der Waals surface area contributed by atoms with Crippen molar-refractivity contribution in [3.8, 4) is 9.88 Å². The van der Waals surface area contributed by atoms with Crippen molar-refractivity contribution in [2.75, 3.05) is 26.8 Å². The van der Waals surface area contributed by atoms with E-state index in [-0.39, 0.29) is 0 Å². The second-order valence-electron chi connectivity index (χ2n) is 4.49. The van der Waals surface area contributed by atoms with Gasteiger partial charge in [0.15, 0.2) is 5.01 Å². The molecule has 0 fully saturated rings. The Hall–Kier alpha value is -0.890. The molecule has 2 aromatic heterocycles. The molecule has 0 unspecified atom stereocenters. The number of aromatic nitrogens is 3. The van der Waals surface area contributed by atoms with Gasteiger partial charge in [0.2, 0.25) is 0 Å². The first-order valence-electron chi connectivity index (χ1n) is 6.67. The Morgan fingerprint density at radius 1 is 1.15 bits per heavy atom. The maximum atomic E-state index is 4.98. The lowest BCUT2D eigenvalue weighted by atomic mass is 10.3. The monoisotopic (exact) mass is 312 g/mol. The van der Waals surface area contributed by atoms with Gasteiger partial charge in [0.1, 0.15) is 5.01 Å². The first-order valence-corrected chi connectivity index (χ1v) is 8.30. The van der Waals surface area contributed by atoms with E-state index < -0.39 is 0 Å². The average Bonchev–Trinajstić information content (AvgIpc) is 3.00. The van der Waals surface area contributed by atoms with E-state index in [2.05, 4.69) is 20.5 Å². The third-order valence-electron chi connectivity index (χ3n) is 2.79. The summed E-state index contributed by atoms with van der Waals surface area (Å²) in [5.74, 6) is 0. The van der Waals surface area contributed by atoms with Crippen LogP contribution in [-0.2, 0) is 11.2 Å². The molecule has 2 rings (SSSR count). The summed E-state index contributed by atoms with van der Waals surface area (Å²) in [6.07, 6.45) is 2.04. The Balaban J connectivity index is 1.82. The average molecular weight is 312 g/mol. The Morgan fingerprint density at radius 3 is 2.70 bits per heavy atom. The van der Waals surface area contributed by atoms with Crippen LogP contribution in [0.25, 0.3) is 9.88 Å². The maximum absolute atomic E-state index is 4.98. The van der Waals surface area contributed by atoms with Crippen LogP contribution in [0.5, 0.6) is 0 Å². The van der Waals surface area contributed by atoms with Crippen LogP contribution < -0.4 is 5.32 Å². The lowest BCUT2D eigenvalue weighted by Crippen LogP contribution is -2.20. The first kappa shape index (κ1) is 15.5. The molecule has 0 aliphatic heterocycles. The van der Waals surface area contributed by atoms with E-state index in [1.165, 1.54) is 0 Å². The molecule has 0 saturated heterocycles. The van der Waals surface area contributed by atoms with Gasteiger partial charge in [-0.15, -0.1) is 21.5 Å². The SMILES string of the molecule is COCCNCCCc1nnc(-c2sc(C)nc2C)s1. The Bertz CT molecular complexity index is 538. The predicted octanol–water partition coefficient (Wildman–Crippen LogP) is 2.45. The largest absolute Gasteiger partial charge is 0.383 e. The lowest BCUT2D eigenvalue weighted by Gasteiger charge is -2.01. The summed E-state index contributed by atoms with van der Waals surface area (Å²) in [7, 11) is 1.72. The van der Waals surface area contributed by atoms with Gasteiger partial charge in [-0.05, 0) is 26.8 Å². The molecule has 20 heavy (non-hydrogen) atoms. The molecular formula is C13H20N4OS2. The van der Waals surface area contributed by atoms with Gasteiger partial charge in [0.25, 0.3) is 0 Å². The van der Waals surface area contributed by atoms with E-state index in [9.17, 15) is 0 Å². The van der Waals surface area contributed by atoms with E-state index in [0.29, 0.717) is 0 Å². The molecule has 0 aliphatic carbocycles. The fourth-order valence-electron chi connectivity index (χ4n) is 1.84. The highest BCUT2D eigenvalue weighted by Crippen LogP contribution is 2.31. The number of rotatable bonds is 8. The topological polar surface area (TPSA) is 59.9 Å². The predicted molar refractivity (Wildman–Crippen MR) is 83.6 cm³/mol. The zero-order chi connectivity index (χ0) is 14.4. The van der Waals surface area contributed by atoms with E-state index >= 15 is 0 Å². The Morgan fingerprint density at radius 2 is 2.00 bits per heavy atom. The molecule has 5 nitrogen and oxygen atoms in total. The van der Waals surface area contributed by atoms with Crippen molar-refractivity contribution in [3.05, 3.63) is 15.7 Å². The molecular weight excluding hydrogens is 292 g/mol. The minimum absolute atomic E-state index is 0.757. The molecule has 0 spiro atoms. The number of ether oxygens (including phenoxy) is 1. The van der Waals surface area contributed by atoms with Crippen molar-refractivity contribution in [2.45, 2.75) is 26.7 Å². The van der Waals surface area contributed by atoms with E-state index in [1.807, 2.05) is 13.8 Å². The number of methoxy groups -OCH3 is 1. The summed E-state index contributed by atoms with van der Waals surface area (Å²) in [4.78, 5) is 5.59. The second kappa shape index (κ2) is 7.78. The number of aryl methyl sites for hydroxylation is 3. The molecule has 0 atom stereocenters. The number of nitrogens with one attached hydrogen (secondary N) is 1. The van der Waals surface area contributed by atoms with Crippen molar-refractivity contribution < 1.29 is 4.74 Å². The summed E-state index contributed by atoms with van der Waals surface area (Å²) < 4.78 is 4.98. The highest BCUT2D eigenvalue weighted by atomic mass is 32.1. The zero-order valence-corrected chi connectivity index (χ0v) is 13.7. The quantitative estimate of drug-likeness (QED) is 0.759. The van der Waals surface area contributed by atoms with E-state index in [4.69, 9.17) is 4.74 Å². The van der Waals surface area contributed by atoms with Crippen LogP contribution in [0.4, 0.5) is 0 Å². The summed E-state index contributed by atoms with van der Waals surface area (Å²) in [6.45, 7) is 6.69. The summed E-state index contributed by atoms with van der Waals surface area (Å²) in [6, 6.07) is 0. The van der Waals surface area contributed by atoms with Crippen LogP contribution in [-0.4, -0.2) is 42.0 Å². The van der Waals surface area contributed by atoms with E-state index in [0.717, 1.165) is 58.1 Å². The van der Waals surface area contributed by atoms with Crippen molar-refractivity contribution in [1.82, 2.24) is 20.5 Å². The standard InChI is InChI=1S/C13H20N4OS2/c1-9-12(19-10(2)15-9)13-17-16-11(20-13)5-4-6-14-7-8-18-3/h14H,4-8H2,1-3H3. The fourth-order valence-corrected chi connectivity index (χ4v) is 3.76. The molecule has 1 N–H and O–H groups in total. The molecule has 0 amide bonds. The molecule has 2 heterocycles. The van der Waals surface area contributed by atoms with Crippen LogP contribution in [0, 0.1) is 13.8 Å². The van der Waals surface area contributed by atoms with Gasteiger partial charge in [-0.2, -0.15) is 0 Å². The number of hydrogen-bond donors (Lipinski definition) is 1. The van der Waals surface area contributed by atoms with Gasteiger partial charge in [-0.1, -0.05) is 11.3 Å². The highest BCUT2D eigenvalue weighted by molar-refractivity contribution is 7.21. The molecule has 110 valence electrons.